The largest absolute Gasteiger partial charge is 0.392 e. The van der Waals surface area contributed by atoms with E-state index in [4.69, 9.17) is 4.74 Å². The highest BCUT2D eigenvalue weighted by Gasteiger charge is 2.19. The van der Waals surface area contributed by atoms with Gasteiger partial charge in [-0.1, -0.05) is 0 Å². The summed E-state index contributed by atoms with van der Waals surface area (Å²) < 4.78 is 4.83. The Balaban J connectivity index is 2.13. The predicted octanol–water partition coefficient (Wildman–Crippen LogP) is -0.794. The van der Waals surface area contributed by atoms with E-state index in [0.29, 0.717) is 26.2 Å². The van der Waals surface area contributed by atoms with Crippen molar-refractivity contribution in [3.8, 4) is 0 Å². The number of aliphatic hydroxyl groups excluding tert-OH is 1. The molecule has 0 saturated carbocycles. The number of hydrogen-bond acceptors (Lipinski definition) is 4. The van der Waals surface area contributed by atoms with E-state index in [1.165, 1.54) is 0 Å². The number of carbonyl (C=O) groups excluding carboxylic acids is 1. The molecular weight excluding hydrogens is 196 g/mol. The second-order valence-electron chi connectivity index (χ2n) is 3.87. The third-order valence-corrected chi connectivity index (χ3v) is 2.48. The van der Waals surface area contributed by atoms with Crippen LogP contribution in [0, 0.1) is 0 Å². The molecule has 1 fully saturated rings. The predicted molar refractivity (Wildman–Crippen MR) is 56.6 cm³/mol. The van der Waals surface area contributed by atoms with Crippen molar-refractivity contribution >= 4 is 5.91 Å². The maximum atomic E-state index is 11.4. The Kier molecular flexibility index (Phi) is 5.60. The first-order chi connectivity index (χ1) is 7.22. The molecule has 5 heteroatoms. The number of aliphatic hydroxyl groups is 1. The van der Waals surface area contributed by atoms with Gasteiger partial charge in [0.05, 0.1) is 19.3 Å². The molecule has 1 unspecified atom stereocenters. The van der Waals surface area contributed by atoms with Crippen molar-refractivity contribution in [3.05, 3.63) is 0 Å². The molecule has 1 aliphatic rings. The van der Waals surface area contributed by atoms with Crippen LogP contribution in [0.1, 0.15) is 12.8 Å². The van der Waals surface area contributed by atoms with Crippen molar-refractivity contribution in [2.45, 2.75) is 18.9 Å². The summed E-state index contributed by atoms with van der Waals surface area (Å²) in [4.78, 5) is 13.4. The van der Waals surface area contributed by atoms with E-state index in [1.54, 1.807) is 7.11 Å². The SMILES string of the molecule is COCCNC(=O)CN1CCCC(O)C1. The fourth-order valence-electron chi connectivity index (χ4n) is 1.73. The van der Waals surface area contributed by atoms with Crippen LogP contribution in [0.3, 0.4) is 0 Å². The summed E-state index contributed by atoms with van der Waals surface area (Å²) in [6.45, 7) is 2.97. The van der Waals surface area contributed by atoms with Crippen LogP contribution in [0.2, 0.25) is 0 Å². The number of β-amino-alcohol motifs (C(OH)–C–C–N with tert-alkyl or cyclic N) is 1. The van der Waals surface area contributed by atoms with Crippen molar-refractivity contribution in [1.29, 1.82) is 0 Å². The number of piperidine rings is 1. The average Bonchev–Trinajstić information content (AvgIpc) is 2.18. The first-order valence-corrected chi connectivity index (χ1v) is 5.38. The molecule has 0 spiro atoms. The molecule has 88 valence electrons. The van der Waals surface area contributed by atoms with Gasteiger partial charge < -0.3 is 15.2 Å². The fraction of sp³-hybridized carbons (Fsp3) is 0.900. The molecule has 1 rings (SSSR count). The zero-order valence-corrected chi connectivity index (χ0v) is 9.24. The summed E-state index contributed by atoms with van der Waals surface area (Å²) in [6, 6.07) is 0. The normalized spacial score (nSPS) is 22.7. The zero-order valence-electron chi connectivity index (χ0n) is 9.24. The minimum atomic E-state index is -0.273. The van der Waals surface area contributed by atoms with E-state index in [1.807, 2.05) is 4.90 Å². The maximum absolute atomic E-state index is 11.4. The first kappa shape index (κ1) is 12.4. The summed E-state index contributed by atoms with van der Waals surface area (Å²) >= 11 is 0. The second-order valence-corrected chi connectivity index (χ2v) is 3.87. The Morgan fingerprint density at radius 3 is 3.13 bits per heavy atom. The number of carbonyl (C=O) groups is 1. The highest BCUT2D eigenvalue weighted by molar-refractivity contribution is 5.77. The molecule has 0 radical (unpaired) electrons. The summed E-state index contributed by atoms with van der Waals surface area (Å²) in [6.07, 6.45) is 1.54. The van der Waals surface area contributed by atoms with Crippen LogP contribution >= 0.6 is 0 Å². The van der Waals surface area contributed by atoms with Gasteiger partial charge in [-0.3, -0.25) is 9.69 Å². The molecule has 1 aliphatic heterocycles. The van der Waals surface area contributed by atoms with Gasteiger partial charge in [-0.2, -0.15) is 0 Å². The molecule has 1 amide bonds. The first-order valence-electron chi connectivity index (χ1n) is 5.38. The lowest BCUT2D eigenvalue weighted by Crippen LogP contribution is -2.44. The molecule has 0 aliphatic carbocycles. The molecule has 0 aromatic carbocycles. The van der Waals surface area contributed by atoms with Gasteiger partial charge in [0, 0.05) is 20.2 Å². The topological polar surface area (TPSA) is 61.8 Å². The molecule has 0 aromatic heterocycles. The van der Waals surface area contributed by atoms with Gasteiger partial charge in [-0.15, -0.1) is 0 Å². The van der Waals surface area contributed by atoms with Gasteiger partial charge >= 0.3 is 0 Å². The van der Waals surface area contributed by atoms with Gasteiger partial charge in [0.25, 0.3) is 0 Å². The lowest BCUT2D eigenvalue weighted by atomic mass is 10.1. The van der Waals surface area contributed by atoms with Crippen LogP contribution in [0.5, 0.6) is 0 Å². The molecule has 1 atom stereocenters. The van der Waals surface area contributed by atoms with Crippen LogP contribution in [0.25, 0.3) is 0 Å². The van der Waals surface area contributed by atoms with Crippen LogP contribution in [-0.2, 0) is 9.53 Å². The van der Waals surface area contributed by atoms with Crippen LogP contribution in [-0.4, -0.2) is 61.9 Å². The van der Waals surface area contributed by atoms with Crippen LogP contribution < -0.4 is 5.32 Å². The monoisotopic (exact) mass is 216 g/mol. The van der Waals surface area contributed by atoms with Crippen molar-refractivity contribution in [3.63, 3.8) is 0 Å². The van der Waals surface area contributed by atoms with Gasteiger partial charge in [-0.05, 0) is 19.4 Å². The molecular formula is C10H20N2O3. The highest BCUT2D eigenvalue weighted by Crippen LogP contribution is 2.08. The quantitative estimate of drug-likeness (QED) is 0.591. The standard InChI is InChI=1S/C10H20N2O3/c1-15-6-4-11-10(14)8-12-5-2-3-9(13)7-12/h9,13H,2-8H2,1H3,(H,11,14). The number of amides is 1. The third kappa shape index (κ3) is 5.11. The molecule has 0 bridgehead atoms. The zero-order chi connectivity index (χ0) is 11.1. The summed E-state index contributed by atoms with van der Waals surface area (Å²) in [5.41, 5.74) is 0. The number of hydrogen-bond donors (Lipinski definition) is 2. The summed E-state index contributed by atoms with van der Waals surface area (Å²) in [7, 11) is 1.60. The Bertz CT molecular complexity index is 199. The van der Waals surface area contributed by atoms with Crippen LogP contribution in [0.15, 0.2) is 0 Å². The molecule has 5 nitrogen and oxygen atoms in total. The van der Waals surface area contributed by atoms with E-state index in [-0.39, 0.29) is 12.0 Å². The smallest absolute Gasteiger partial charge is 0.234 e. The van der Waals surface area contributed by atoms with Gasteiger partial charge in [0.2, 0.25) is 5.91 Å². The lowest BCUT2D eigenvalue weighted by molar-refractivity contribution is -0.123. The Morgan fingerprint density at radius 1 is 1.67 bits per heavy atom. The third-order valence-electron chi connectivity index (χ3n) is 2.48. The minimum Gasteiger partial charge on any atom is -0.392 e. The minimum absolute atomic E-state index is 0.00106. The average molecular weight is 216 g/mol. The van der Waals surface area contributed by atoms with Crippen molar-refractivity contribution < 1.29 is 14.6 Å². The summed E-state index contributed by atoms with van der Waals surface area (Å²) in [5.74, 6) is 0.00106. The van der Waals surface area contributed by atoms with E-state index in [0.717, 1.165) is 19.4 Å². The fourth-order valence-corrected chi connectivity index (χ4v) is 1.73. The Labute approximate surface area is 90.4 Å². The molecule has 0 aromatic rings. The van der Waals surface area contributed by atoms with Gasteiger partial charge in [0.1, 0.15) is 0 Å². The van der Waals surface area contributed by atoms with Gasteiger partial charge in [-0.25, -0.2) is 0 Å². The maximum Gasteiger partial charge on any atom is 0.234 e. The van der Waals surface area contributed by atoms with Crippen molar-refractivity contribution in [2.24, 2.45) is 0 Å². The van der Waals surface area contributed by atoms with E-state index in [2.05, 4.69) is 5.32 Å². The lowest BCUT2D eigenvalue weighted by Gasteiger charge is -2.29. The van der Waals surface area contributed by atoms with Crippen LogP contribution in [0.4, 0.5) is 0 Å². The van der Waals surface area contributed by atoms with E-state index in [9.17, 15) is 9.90 Å². The molecule has 1 saturated heterocycles. The highest BCUT2D eigenvalue weighted by atomic mass is 16.5. The van der Waals surface area contributed by atoms with E-state index >= 15 is 0 Å². The number of rotatable bonds is 5. The molecule has 2 N–H and O–H groups in total. The van der Waals surface area contributed by atoms with Crippen molar-refractivity contribution in [2.75, 3.05) is 39.9 Å². The number of nitrogens with zero attached hydrogens (tertiary/aromatic N) is 1. The number of methoxy groups -OCH3 is 1. The van der Waals surface area contributed by atoms with Gasteiger partial charge in [0.15, 0.2) is 0 Å². The number of likely N-dealkylation sites (tertiary alicyclic amines) is 1. The Morgan fingerprint density at radius 2 is 2.47 bits per heavy atom. The summed E-state index contributed by atoms with van der Waals surface area (Å²) in [5, 5.41) is 12.2. The molecule has 15 heavy (non-hydrogen) atoms. The second kappa shape index (κ2) is 6.76. The number of ether oxygens (including phenoxy) is 1. The molecule has 1 heterocycles. The number of nitrogens with one attached hydrogen (secondary N) is 1. The van der Waals surface area contributed by atoms with E-state index < -0.39 is 0 Å². The Hall–Kier alpha value is -0.650. The van der Waals surface area contributed by atoms with Crippen molar-refractivity contribution in [1.82, 2.24) is 10.2 Å².